The van der Waals surface area contributed by atoms with Gasteiger partial charge in [0, 0.05) is 4.90 Å². The fraction of sp³-hybridized carbons (Fsp3) is 0.250. The lowest BCUT2D eigenvalue weighted by Crippen LogP contribution is -2.00. The molecule has 0 aliphatic carbocycles. The smallest absolute Gasteiger partial charge is 0.440 e. The van der Waals surface area contributed by atoms with Gasteiger partial charge in [0.1, 0.15) is 6.61 Å². The van der Waals surface area contributed by atoms with Crippen LogP contribution in [0.3, 0.4) is 0 Å². The van der Waals surface area contributed by atoms with E-state index in [0.717, 1.165) is 4.90 Å². The molecule has 1 rings (SSSR count). The Kier molecular flexibility index (Phi) is 4.92. The maximum Gasteiger partial charge on any atom is 0.440 e. The van der Waals surface area contributed by atoms with Gasteiger partial charge in [-0.05, 0) is 25.3 Å². The average molecular weight is 237 g/mol. The molecule has 0 saturated carbocycles. The SMILES string of the molecule is C=CCOC(=O)/N=S(\C)c1ccc(C)cc1. The van der Waals surface area contributed by atoms with Crippen LogP contribution in [0.4, 0.5) is 4.79 Å². The van der Waals surface area contributed by atoms with Crippen LogP contribution < -0.4 is 0 Å². The summed E-state index contributed by atoms with van der Waals surface area (Å²) in [4.78, 5) is 12.3. The predicted octanol–water partition coefficient (Wildman–Crippen LogP) is 3.11. The lowest BCUT2D eigenvalue weighted by Gasteiger charge is -2.02. The van der Waals surface area contributed by atoms with Gasteiger partial charge in [-0.25, -0.2) is 4.79 Å². The minimum absolute atomic E-state index is 0.202. The number of nitrogens with zero attached hydrogens (tertiary/aromatic N) is 1. The first-order valence-corrected chi connectivity index (χ1v) is 6.44. The van der Waals surface area contributed by atoms with Crippen molar-refractivity contribution in [3.05, 3.63) is 42.5 Å². The Morgan fingerprint density at radius 1 is 1.50 bits per heavy atom. The maximum absolute atomic E-state index is 11.2. The number of benzene rings is 1. The molecular weight excluding hydrogens is 222 g/mol. The van der Waals surface area contributed by atoms with E-state index < -0.39 is 16.8 Å². The summed E-state index contributed by atoms with van der Waals surface area (Å²) in [6.07, 6.45) is 2.87. The highest BCUT2D eigenvalue weighted by Crippen LogP contribution is 2.09. The van der Waals surface area contributed by atoms with Gasteiger partial charge in [0.2, 0.25) is 0 Å². The zero-order valence-electron chi connectivity index (χ0n) is 9.47. The number of aryl methyl sites for hydroxylation is 1. The highest BCUT2D eigenvalue weighted by Gasteiger charge is 2.01. The third-order valence-electron chi connectivity index (χ3n) is 1.90. The number of ether oxygens (including phenoxy) is 1. The Morgan fingerprint density at radius 2 is 2.12 bits per heavy atom. The molecule has 0 bridgehead atoms. The van der Waals surface area contributed by atoms with Crippen LogP contribution in [0, 0.1) is 6.92 Å². The van der Waals surface area contributed by atoms with E-state index >= 15 is 0 Å². The summed E-state index contributed by atoms with van der Waals surface area (Å²) in [6.45, 7) is 5.69. The van der Waals surface area contributed by atoms with E-state index in [-0.39, 0.29) is 6.61 Å². The molecule has 0 N–H and O–H groups in total. The van der Waals surface area contributed by atoms with Crippen molar-refractivity contribution >= 4 is 16.8 Å². The summed E-state index contributed by atoms with van der Waals surface area (Å²) in [6, 6.07) is 7.96. The number of amides is 1. The molecule has 4 heteroatoms. The second kappa shape index (κ2) is 6.23. The van der Waals surface area contributed by atoms with Crippen molar-refractivity contribution in [3.8, 4) is 0 Å². The topological polar surface area (TPSA) is 38.7 Å². The van der Waals surface area contributed by atoms with E-state index in [4.69, 9.17) is 4.74 Å². The molecule has 1 unspecified atom stereocenters. The molecule has 0 spiro atoms. The number of hydrogen-bond acceptors (Lipinski definition) is 2. The zero-order chi connectivity index (χ0) is 12.0. The molecule has 1 aromatic carbocycles. The molecule has 0 radical (unpaired) electrons. The van der Waals surface area contributed by atoms with Crippen molar-refractivity contribution in [2.45, 2.75) is 11.8 Å². The molecule has 16 heavy (non-hydrogen) atoms. The molecule has 1 amide bonds. The molecule has 86 valence electrons. The highest BCUT2D eigenvalue weighted by molar-refractivity contribution is 7.86. The quantitative estimate of drug-likeness (QED) is 0.758. The van der Waals surface area contributed by atoms with Crippen LogP contribution in [-0.4, -0.2) is 19.0 Å². The Labute approximate surface area is 98.2 Å². The summed E-state index contributed by atoms with van der Waals surface area (Å²) < 4.78 is 8.72. The van der Waals surface area contributed by atoms with Crippen molar-refractivity contribution < 1.29 is 9.53 Å². The predicted molar refractivity (Wildman–Crippen MR) is 66.7 cm³/mol. The number of rotatable bonds is 3. The number of hydrogen-bond donors (Lipinski definition) is 0. The van der Waals surface area contributed by atoms with Gasteiger partial charge in [-0.3, -0.25) is 0 Å². The first-order valence-electron chi connectivity index (χ1n) is 4.85. The normalized spacial score (nSPS) is 12.1. The van der Waals surface area contributed by atoms with Gasteiger partial charge in [-0.2, -0.15) is 0 Å². The summed E-state index contributed by atoms with van der Waals surface area (Å²) in [7, 11) is -0.459. The van der Waals surface area contributed by atoms with E-state index in [9.17, 15) is 4.79 Å². The van der Waals surface area contributed by atoms with Crippen LogP contribution >= 0.6 is 0 Å². The van der Waals surface area contributed by atoms with Gasteiger partial charge in [0.25, 0.3) is 0 Å². The lowest BCUT2D eigenvalue weighted by molar-refractivity contribution is 0.170. The van der Waals surface area contributed by atoms with Crippen molar-refractivity contribution in [3.63, 3.8) is 0 Å². The molecule has 0 heterocycles. The Balaban J connectivity index is 2.72. The minimum Gasteiger partial charge on any atom is -0.443 e. The second-order valence-electron chi connectivity index (χ2n) is 3.25. The fourth-order valence-electron chi connectivity index (χ4n) is 1.06. The molecule has 0 saturated heterocycles. The van der Waals surface area contributed by atoms with Gasteiger partial charge in [-0.1, -0.05) is 41.0 Å². The van der Waals surface area contributed by atoms with E-state index in [2.05, 4.69) is 10.9 Å². The number of carbonyl (C=O) groups excluding carboxylic acids is 1. The van der Waals surface area contributed by atoms with Gasteiger partial charge in [0.05, 0.1) is 0 Å². The Bertz CT molecular complexity index is 410. The highest BCUT2D eigenvalue weighted by atomic mass is 32.2. The van der Waals surface area contributed by atoms with Crippen LogP contribution in [0.25, 0.3) is 0 Å². The van der Waals surface area contributed by atoms with Crippen molar-refractivity contribution in [1.29, 1.82) is 0 Å². The fourth-order valence-corrected chi connectivity index (χ4v) is 1.97. The second-order valence-corrected chi connectivity index (χ2v) is 4.86. The van der Waals surface area contributed by atoms with Crippen LogP contribution in [0.15, 0.2) is 46.2 Å². The molecule has 0 fully saturated rings. The Morgan fingerprint density at radius 3 is 2.69 bits per heavy atom. The van der Waals surface area contributed by atoms with Crippen LogP contribution in [0.1, 0.15) is 5.56 Å². The molecule has 0 aliphatic heterocycles. The minimum atomic E-state index is -0.536. The first kappa shape index (κ1) is 12.6. The summed E-state index contributed by atoms with van der Waals surface area (Å²) in [5.74, 6) is 0. The molecule has 1 atom stereocenters. The van der Waals surface area contributed by atoms with Gasteiger partial charge < -0.3 is 4.74 Å². The van der Waals surface area contributed by atoms with Gasteiger partial charge >= 0.3 is 6.09 Å². The summed E-state index contributed by atoms with van der Waals surface area (Å²) in [5, 5.41) is 0. The van der Waals surface area contributed by atoms with Crippen molar-refractivity contribution in [1.82, 2.24) is 0 Å². The molecule has 0 aromatic heterocycles. The summed E-state index contributed by atoms with van der Waals surface area (Å²) >= 11 is 0. The monoisotopic (exact) mass is 237 g/mol. The third-order valence-corrected chi connectivity index (χ3v) is 3.28. The van der Waals surface area contributed by atoms with E-state index in [1.165, 1.54) is 11.6 Å². The first-order chi connectivity index (χ1) is 7.63. The van der Waals surface area contributed by atoms with Crippen LogP contribution in [0.5, 0.6) is 0 Å². The summed E-state index contributed by atoms with van der Waals surface area (Å²) in [5.41, 5.74) is 1.19. The van der Waals surface area contributed by atoms with Gasteiger partial charge in [-0.15, -0.1) is 4.36 Å². The zero-order valence-corrected chi connectivity index (χ0v) is 10.3. The lowest BCUT2D eigenvalue weighted by atomic mass is 10.2. The van der Waals surface area contributed by atoms with E-state index in [0.29, 0.717) is 0 Å². The Hall–Kier alpha value is -1.42. The van der Waals surface area contributed by atoms with Crippen LogP contribution in [-0.2, 0) is 15.4 Å². The van der Waals surface area contributed by atoms with Crippen molar-refractivity contribution in [2.24, 2.45) is 4.36 Å². The average Bonchev–Trinajstić information content (AvgIpc) is 2.27. The van der Waals surface area contributed by atoms with E-state index in [1.54, 1.807) is 0 Å². The van der Waals surface area contributed by atoms with E-state index in [1.807, 2.05) is 37.4 Å². The molecule has 3 nitrogen and oxygen atoms in total. The standard InChI is InChI=1S/C12H15NO2S/c1-4-9-15-12(14)13-16(3)11-7-5-10(2)6-8-11/h4-8H,1,9H2,2-3H3. The van der Waals surface area contributed by atoms with Crippen molar-refractivity contribution in [2.75, 3.05) is 12.9 Å². The largest absolute Gasteiger partial charge is 0.443 e. The number of carbonyl (C=O) groups is 1. The molecule has 1 aromatic rings. The maximum atomic E-state index is 11.2. The molecular formula is C12H15NO2S. The molecule has 0 aliphatic rings. The van der Waals surface area contributed by atoms with Gasteiger partial charge in [0.15, 0.2) is 0 Å². The van der Waals surface area contributed by atoms with Crippen LogP contribution in [0.2, 0.25) is 0 Å². The third kappa shape index (κ3) is 3.98.